The molecule has 0 heterocycles. The second-order valence-corrected chi connectivity index (χ2v) is 7.96. The van der Waals surface area contributed by atoms with E-state index in [4.69, 9.17) is 11.6 Å². The molecule has 0 fully saturated rings. The summed E-state index contributed by atoms with van der Waals surface area (Å²) in [5.41, 5.74) is 1.86. The second-order valence-electron chi connectivity index (χ2n) is 5.48. The Labute approximate surface area is 147 Å². The van der Waals surface area contributed by atoms with Gasteiger partial charge >= 0.3 is 0 Å². The molecule has 0 aliphatic rings. The van der Waals surface area contributed by atoms with Crippen molar-refractivity contribution in [3.63, 3.8) is 0 Å². The molecule has 0 bridgehead atoms. The van der Waals surface area contributed by atoms with Gasteiger partial charge in [0.05, 0.1) is 11.4 Å². The van der Waals surface area contributed by atoms with Crippen LogP contribution in [0.4, 0.5) is 0 Å². The van der Waals surface area contributed by atoms with Gasteiger partial charge in [0, 0.05) is 18.6 Å². The van der Waals surface area contributed by atoms with Gasteiger partial charge in [-0.15, -0.1) is 0 Å². The van der Waals surface area contributed by atoms with Crippen molar-refractivity contribution in [2.45, 2.75) is 18.4 Å². The van der Waals surface area contributed by atoms with Crippen molar-refractivity contribution in [1.82, 2.24) is 9.62 Å². The molecule has 7 heteroatoms. The summed E-state index contributed by atoms with van der Waals surface area (Å²) in [7, 11) is -2.30. The van der Waals surface area contributed by atoms with Crippen molar-refractivity contribution in [3.05, 3.63) is 64.7 Å². The second kappa shape index (κ2) is 7.79. The number of halogens is 1. The molecule has 2 aromatic carbocycles. The maximum absolute atomic E-state index is 12.4. The number of carbonyl (C=O) groups excluding carboxylic acids is 1. The van der Waals surface area contributed by atoms with E-state index >= 15 is 0 Å². The fourth-order valence-corrected chi connectivity index (χ4v) is 3.29. The van der Waals surface area contributed by atoms with Crippen molar-refractivity contribution in [1.29, 1.82) is 0 Å². The van der Waals surface area contributed by atoms with E-state index in [1.54, 1.807) is 36.4 Å². The van der Waals surface area contributed by atoms with Crippen LogP contribution in [0.2, 0.25) is 5.02 Å². The van der Waals surface area contributed by atoms with E-state index in [1.165, 1.54) is 19.2 Å². The zero-order valence-corrected chi connectivity index (χ0v) is 15.1. The Morgan fingerprint density at radius 3 is 2.25 bits per heavy atom. The van der Waals surface area contributed by atoms with Crippen LogP contribution in [-0.4, -0.2) is 32.2 Å². The molecule has 2 rings (SSSR count). The average molecular weight is 367 g/mol. The lowest BCUT2D eigenvalue weighted by molar-refractivity contribution is -0.121. The number of hydrogen-bond donors (Lipinski definition) is 1. The summed E-state index contributed by atoms with van der Waals surface area (Å²) in [5.74, 6) is -0.372. The number of carbonyl (C=O) groups is 1. The lowest BCUT2D eigenvalue weighted by Gasteiger charge is -2.17. The average Bonchev–Trinajstić information content (AvgIpc) is 2.54. The normalized spacial score (nSPS) is 11.5. The number of aryl methyl sites for hydroxylation is 1. The number of nitrogens with one attached hydrogen (secondary N) is 1. The SMILES string of the molecule is Cc1ccc(S(=O)(=O)N(C)CC(=O)NCc2ccc(Cl)cc2)cc1. The third kappa shape index (κ3) is 4.80. The van der Waals surface area contributed by atoms with Crippen molar-refractivity contribution in [2.24, 2.45) is 0 Å². The van der Waals surface area contributed by atoms with E-state index in [-0.39, 0.29) is 17.3 Å². The number of benzene rings is 2. The van der Waals surface area contributed by atoms with Crippen LogP contribution < -0.4 is 5.32 Å². The number of likely N-dealkylation sites (N-methyl/N-ethyl adjacent to an activating group) is 1. The molecular formula is C17H19ClN2O3S. The number of sulfonamides is 1. The van der Waals surface area contributed by atoms with Crippen LogP contribution >= 0.6 is 11.6 Å². The molecule has 24 heavy (non-hydrogen) atoms. The first-order valence-corrected chi connectivity index (χ1v) is 9.15. The molecular weight excluding hydrogens is 348 g/mol. The molecule has 0 spiro atoms. The standard InChI is InChI=1S/C17H19ClN2O3S/c1-13-3-9-16(10-4-13)24(22,23)20(2)12-17(21)19-11-14-5-7-15(18)8-6-14/h3-10H,11-12H2,1-2H3,(H,19,21). The zero-order chi connectivity index (χ0) is 17.7. The third-order valence-corrected chi connectivity index (χ3v) is 5.57. The number of amides is 1. The molecule has 1 amide bonds. The van der Waals surface area contributed by atoms with Crippen LogP contribution in [0.15, 0.2) is 53.4 Å². The number of nitrogens with zero attached hydrogens (tertiary/aromatic N) is 1. The lowest BCUT2D eigenvalue weighted by atomic mass is 10.2. The first-order chi connectivity index (χ1) is 11.3. The van der Waals surface area contributed by atoms with Crippen molar-refractivity contribution in [2.75, 3.05) is 13.6 Å². The Kier molecular flexibility index (Phi) is 5.99. The van der Waals surface area contributed by atoms with Gasteiger partial charge < -0.3 is 5.32 Å². The van der Waals surface area contributed by atoms with Crippen LogP contribution in [-0.2, 0) is 21.4 Å². The first-order valence-electron chi connectivity index (χ1n) is 7.33. The Hall–Kier alpha value is -1.89. The summed E-state index contributed by atoms with van der Waals surface area (Å²) >= 11 is 5.80. The highest BCUT2D eigenvalue weighted by atomic mass is 35.5. The van der Waals surface area contributed by atoms with Crippen LogP contribution in [0.25, 0.3) is 0 Å². The van der Waals surface area contributed by atoms with Gasteiger partial charge in [0.1, 0.15) is 0 Å². The molecule has 5 nitrogen and oxygen atoms in total. The smallest absolute Gasteiger partial charge is 0.243 e. The summed E-state index contributed by atoms with van der Waals surface area (Å²) in [4.78, 5) is 12.2. The van der Waals surface area contributed by atoms with E-state index in [0.717, 1.165) is 15.4 Å². The molecule has 0 aliphatic carbocycles. The molecule has 0 saturated carbocycles. The number of hydrogen-bond acceptors (Lipinski definition) is 3. The predicted octanol–water partition coefficient (Wildman–Crippen LogP) is 2.59. The molecule has 128 valence electrons. The highest BCUT2D eigenvalue weighted by molar-refractivity contribution is 7.89. The fourth-order valence-electron chi connectivity index (χ4n) is 2.04. The van der Waals surface area contributed by atoms with Crippen LogP contribution in [0.1, 0.15) is 11.1 Å². The van der Waals surface area contributed by atoms with Gasteiger partial charge in [-0.3, -0.25) is 4.79 Å². The van der Waals surface area contributed by atoms with Crippen LogP contribution in [0, 0.1) is 6.92 Å². The van der Waals surface area contributed by atoms with Crippen molar-refractivity contribution in [3.8, 4) is 0 Å². The van der Waals surface area contributed by atoms with Gasteiger partial charge in [0.25, 0.3) is 0 Å². The third-order valence-electron chi connectivity index (χ3n) is 3.50. The minimum atomic E-state index is -3.68. The summed E-state index contributed by atoms with van der Waals surface area (Å²) in [6, 6.07) is 13.6. The highest BCUT2D eigenvalue weighted by Gasteiger charge is 2.22. The minimum absolute atomic E-state index is 0.168. The molecule has 0 unspecified atom stereocenters. The zero-order valence-electron chi connectivity index (χ0n) is 13.5. The summed E-state index contributed by atoms with van der Waals surface area (Å²) in [6.45, 7) is 1.95. The molecule has 0 radical (unpaired) electrons. The van der Waals surface area contributed by atoms with Gasteiger partial charge in [-0.2, -0.15) is 4.31 Å². The highest BCUT2D eigenvalue weighted by Crippen LogP contribution is 2.14. The molecule has 0 aromatic heterocycles. The van der Waals surface area contributed by atoms with Gasteiger partial charge in [0.2, 0.25) is 15.9 Å². The Morgan fingerprint density at radius 2 is 1.67 bits per heavy atom. The van der Waals surface area contributed by atoms with Gasteiger partial charge in [-0.1, -0.05) is 41.4 Å². The van der Waals surface area contributed by atoms with E-state index in [2.05, 4.69) is 5.32 Å². The summed E-state index contributed by atoms with van der Waals surface area (Å²) in [6.07, 6.45) is 0. The topological polar surface area (TPSA) is 66.5 Å². The van der Waals surface area contributed by atoms with E-state index in [0.29, 0.717) is 11.6 Å². The maximum atomic E-state index is 12.4. The maximum Gasteiger partial charge on any atom is 0.243 e. The van der Waals surface area contributed by atoms with E-state index < -0.39 is 10.0 Å². The quantitative estimate of drug-likeness (QED) is 0.854. The summed E-state index contributed by atoms with van der Waals surface area (Å²) < 4.78 is 25.9. The Balaban J connectivity index is 1.95. The monoisotopic (exact) mass is 366 g/mol. The Morgan fingerprint density at radius 1 is 1.08 bits per heavy atom. The Bertz CT molecular complexity index is 803. The first kappa shape index (κ1) is 18.4. The van der Waals surface area contributed by atoms with Gasteiger partial charge in [0.15, 0.2) is 0 Å². The molecule has 1 N–H and O–H groups in total. The van der Waals surface area contributed by atoms with Crippen LogP contribution in [0.3, 0.4) is 0 Å². The molecule has 0 saturated heterocycles. The van der Waals surface area contributed by atoms with Crippen LogP contribution in [0.5, 0.6) is 0 Å². The van der Waals surface area contributed by atoms with Crippen molar-refractivity contribution < 1.29 is 13.2 Å². The van der Waals surface area contributed by atoms with E-state index in [9.17, 15) is 13.2 Å². The lowest BCUT2D eigenvalue weighted by Crippen LogP contribution is -2.38. The van der Waals surface area contributed by atoms with Gasteiger partial charge in [-0.05, 0) is 36.8 Å². The molecule has 0 atom stereocenters. The largest absolute Gasteiger partial charge is 0.351 e. The van der Waals surface area contributed by atoms with Crippen molar-refractivity contribution >= 4 is 27.5 Å². The number of rotatable bonds is 6. The molecule has 0 aliphatic heterocycles. The summed E-state index contributed by atoms with van der Waals surface area (Å²) in [5, 5.41) is 3.31. The minimum Gasteiger partial charge on any atom is -0.351 e. The molecule has 2 aromatic rings. The van der Waals surface area contributed by atoms with Gasteiger partial charge in [-0.25, -0.2) is 8.42 Å². The fraction of sp³-hybridized carbons (Fsp3) is 0.235. The van der Waals surface area contributed by atoms with E-state index in [1.807, 2.05) is 6.92 Å². The predicted molar refractivity (Wildman–Crippen MR) is 94.3 cm³/mol.